The number of hydrogen-bond donors (Lipinski definition) is 1. The van der Waals surface area contributed by atoms with Crippen LogP contribution >= 0.6 is 0 Å². The Morgan fingerprint density at radius 2 is 1.62 bits per heavy atom. The molecule has 2 aliphatic rings. The van der Waals surface area contributed by atoms with Gasteiger partial charge in [0, 0.05) is 32.2 Å². The number of hydrogen-bond acceptors (Lipinski definition) is 3. The van der Waals surface area contributed by atoms with E-state index in [2.05, 4.69) is 4.90 Å². The number of piperazine rings is 1. The molecule has 21 heavy (non-hydrogen) atoms. The normalized spacial score (nSPS) is 31.0. The molecule has 1 unspecified atom stereocenters. The maximum Gasteiger partial charge on any atom is 0.391 e. The van der Waals surface area contributed by atoms with Crippen LogP contribution in [0.25, 0.3) is 0 Å². The Labute approximate surface area is 122 Å². The second kappa shape index (κ2) is 6.52. The first kappa shape index (κ1) is 16.5. The molecule has 1 heterocycles. The Morgan fingerprint density at radius 1 is 1.10 bits per heavy atom. The number of carboxylic acids is 1. The highest BCUT2D eigenvalue weighted by Crippen LogP contribution is 2.38. The fourth-order valence-electron chi connectivity index (χ4n) is 3.41. The SMILES string of the molecule is CC(C(=O)O)N1CCN(C2CCC(C(F)(F)F)CC2)CC1. The van der Waals surface area contributed by atoms with Gasteiger partial charge in [0.05, 0.1) is 5.92 Å². The third-order valence-corrected chi connectivity index (χ3v) is 4.93. The molecule has 0 amide bonds. The second-order valence-corrected chi connectivity index (χ2v) is 6.13. The average Bonchev–Trinajstić information content (AvgIpc) is 2.46. The van der Waals surface area contributed by atoms with Crippen molar-refractivity contribution >= 4 is 5.97 Å². The van der Waals surface area contributed by atoms with E-state index in [1.54, 1.807) is 6.92 Å². The van der Waals surface area contributed by atoms with Gasteiger partial charge in [-0.1, -0.05) is 0 Å². The minimum atomic E-state index is -4.05. The lowest BCUT2D eigenvalue weighted by molar-refractivity contribution is -0.184. The molecule has 2 rings (SSSR count). The fourth-order valence-corrected chi connectivity index (χ4v) is 3.41. The van der Waals surface area contributed by atoms with Crippen LogP contribution in [0.3, 0.4) is 0 Å². The van der Waals surface area contributed by atoms with Crippen LogP contribution in [0.5, 0.6) is 0 Å². The molecule has 7 heteroatoms. The van der Waals surface area contributed by atoms with Gasteiger partial charge >= 0.3 is 12.1 Å². The lowest BCUT2D eigenvalue weighted by atomic mass is 9.84. The molecule has 122 valence electrons. The topological polar surface area (TPSA) is 43.8 Å². The highest BCUT2D eigenvalue weighted by Gasteiger charge is 2.42. The van der Waals surface area contributed by atoms with Crippen LogP contribution in [0.1, 0.15) is 32.6 Å². The molecule has 0 bridgehead atoms. The van der Waals surface area contributed by atoms with Crippen molar-refractivity contribution in [2.75, 3.05) is 26.2 Å². The van der Waals surface area contributed by atoms with Crippen LogP contribution in [0.2, 0.25) is 0 Å². The molecule has 0 spiro atoms. The van der Waals surface area contributed by atoms with E-state index in [0.717, 1.165) is 13.1 Å². The van der Waals surface area contributed by atoms with Gasteiger partial charge in [0.15, 0.2) is 0 Å². The highest BCUT2D eigenvalue weighted by atomic mass is 19.4. The summed E-state index contributed by atoms with van der Waals surface area (Å²) in [5.41, 5.74) is 0. The number of carboxylic acid groups (broad SMARTS) is 1. The minimum Gasteiger partial charge on any atom is -0.480 e. The molecule has 0 aromatic heterocycles. The molecular formula is C14H23F3N2O2. The summed E-state index contributed by atoms with van der Waals surface area (Å²) < 4.78 is 38.0. The number of alkyl halides is 3. The predicted molar refractivity (Wildman–Crippen MR) is 72.0 cm³/mol. The number of carbonyl (C=O) groups is 1. The van der Waals surface area contributed by atoms with Crippen LogP contribution in [0.4, 0.5) is 13.2 Å². The van der Waals surface area contributed by atoms with Crippen LogP contribution in [-0.2, 0) is 4.79 Å². The number of rotatable bonds is 3. The van der Waals surface area contributed by atoms with Crippen molar-refractivity contribution in [2.45, 2.75) is 50.9 Å². The Bertz CT molecular complexity index is 360. The summed E-state index contributed by atoms with van der Waals surface area (Å²) >= 11 is 0. The van der Waals surface area contributed by atoms with Crippen molar-refractivity contribution < 1.29 is 23.1 Å². The molecule has 1 saturated carbocycles. The van der Waals surface area contributed by atoms with E-state index in [9.17, 15) is 18.0 Å². The zero-order chi connectivity index (χ0) is 15.6. The van der Waals surface area contributed by atoms with Crippen molar-refractivity contribution in [1.29, 1.82) is 0 Å². The van der Waals surface area contributed by atoms with E-state index < -0.39 is 24.1 Å². The number of aliphatic carboxylic acids is 1. The molecule has 0 aromatic rings. The fraction of sp³-hybridized carbons (Fsp3) is 0.929. The van der Waals surface area contributed by atoms with Gasteiger partial charge < -0.3 is 5.11 Å². The Kier molecular flexibility index (Phi) is 5.14. The van der Waals surface area contributed by atoms with E-state index in [0.29, 0.717) is 25.9 Å². The molecule has 0 aromatic carbocycles. The van der Waals surface area contributed by atoms with Gasteiger partial charge in [-0.15, -0.1) is 0 Å². The predicted octanol–water partition coefficient (Wildman–Crippen LogP) is 2.20. The molecule has 1 saturated heterocycles. The summed E-state index contributed by atoms with van der Waals surface area (Å²) in [5, 5.41) is 8.99. The lowest BCUT2D eigenvalue weighted by Crippen LogP contribution is -2.54. The Balaban J connectivity index is 1.78. The van der Waals surface area contributed by atoms with Crippen molar-refractivity contribution in [3.8, 4) is 0 Å². The van der Waals surface area contributed by atoms with Gasteiger partial charge in [0.2, 0.25) is 0 Å². The largest absolute Gasteiger partial charge is 0.480 e. The quantitative estimate of drug-likeness (QED) is 0.868. The molecule has 1 atom stereocenters. The monoisotopic (exact) mass is 308 g/mol. The van der Waals surface area contributed by atoms with Crippen LogP contribution in [0.15, 0.2) is 0 Å². The summed E-state index contributed by atoms with van der Waals surface area (Å²) in [6.07, 6.45) is -2.42. The molecule has 1 aliphatic heterocycles. The second-order valence-electron chi connectivity index (χ2n) is 6.13. The van der Waals surface area contributed by atoms with Crippen molar-refractivity contribution in [1.82, 2.24) is 9.80 Å². The third kappa shape index (κ3) is 4.10. The van der Waals surface area contributed by atoms with E-state index in [4.69, 9.17) is 5.11 Å². The first-order chi connectivity index (χ1) is 9.79. The van der Waals surface area contributed by atoms with E-state index in [1.807, 2.05) is 4.90 Å². The van der Waals surface area contributed by atoms with Gasteiger partial charge in [-0.05, 0) is 32.6 Å². The van der Waals surface area contributed by atoms with Gasteiger partial charge in [-0.3, -0.25) is 14.6 Å². The van der Waals surface area contributed by atoms with Gasteiger partial charge in [0.1, 0.15) is 6.04 Å². The van der Waals surface area contributed by atoms with Crippen LogP contribution < -0.4 is 0 Å². The summed E-state index contributed by atoms with van der Waals surface area (Å²) in [7, 11) is 0. The van der Waals surface area contributed by atoms with E-state index >= 15 is 0 Å². The zero-order valence-electron chi connectivity index (χ0n) is 12.3. The van der Waals surface area contributed by atoms with Gasteiger partial charge in [0.25, 0.3) is 0 Å². The molecule has 1 aliphatic carbocycles. The van der Waals surface area contributed by atoms with E-state index in [1.165, 1.54) is 0 Å². The Morgan fingerprint density at radius 3 is 2.05 bits per heavy atom. The summed E-state index contributed by atoms with van der Waals surface area (Å²) in [6.45, 7) is 4.52. The number of nitrogens with zero attached hydrogens (tertiary/aromatic N) is 2. The lowest BCUT2D eigenvalue weighted by Gasteiger charge is -2.43. The first-order valence-corrected chi connectivity index (χ1v) is 7.56. The molecule has 4 nitrogen and oxygen atoms in total. The smallest absolute Gasteiger partial charge is 0.391 e. The average molecular weight is 308 g/mol. The maximum absolute atomic E-state index is 12.7. The molecule has 2 fully saturated rings. The van der Waals surface area contributed by atoms with Gasteiger partial charge in [-0.2, -0.15) is 13.2 Å². The van der Waals surface area contributed by atoms with E-state index in [-0.39, 0.29) is 18.9 Å². The first-order valence-electron chi connectivity index (χ1n) is 7.56. The standard InChI is InChI=1S/C14H23F3N2O2/c1-10(13(20)21)18-6-8-19(9-7-18)12-4-2-11(3-5-12)14(15,16)17/h10-12H,2-9H2,1H3,(H,20,21). The minimum absolute atomic E-state index is 0.222. The maximum atomic E-state index is 12.7. The summed E-state index contributed by atoms with van der Waals surface area (Å²) in [5.74, 6) is -1.96. The Hall–Kier alpha value is -0.820. The third-order valence-electron chi connectivity index (χ3n) is 4.93. The number of halogens is 3. The van der Waals surface area contributed by atoms with Gasteiger partial charge in [-0.25, -0.2) is 0 Å². The molecule has 1 N–H and O–H groups in total. The van der Waals surface area contributed by atoms with Crippen LogP contribution in [0, 0.1) is 5.92 Å². The summed E-state index contributed by atoms with van der Waals surface area (Å²) in [6, 6.07) is -0.265. The van der Waals surface area contributed by atoms with Crippen LogP contribution in [-0.4, -0.2) is 65.3 Å². The summed E-state index contributed by atoms with van der Waals surface area (Å²) in [4.78, 5) is 15.1. The highest BCUT2D eigenvalue weighted by molar-refractivity contribution is 5.72. The van der Waals surface area contributed by atoms with Crippen molar-refractivity contribution in [3.63, 3.8) is 0 Å². The molecular weight excluding hydrogens is 285 g/mol. The van der Waals surface area contributed by atoms with Crippen molar-refractivity contribution in [3.05, 3.63) is 0 Å². The molecule has 0 radical (unpaired) electrons. The zero-order valence-corrected chi connectivity index (χ0v) is 12.3. The van der Waals surface area contributed by atoms with Crippen molar-refractivity contribution in [2.24, 2.45) is 5.92 Å².